The van der Waals surface area contributed by atoms with Crippen molar-refractivity contribution in [1.29, 1.82) is 0 Å². The molecule has 4 N–H and O–H groups in total. The molecule has 2 rings (SSSR count). The molecule has 0 amide bonds. The Balaban J connectivity index is 2.10. The lowest BCUT2D eigenvalue weighted by Gasteiger charge is -2.25. The van der Waals surface area contributed by atoms with Crippen LogP contribution in [0.4, 0.5) is 10.1 Å². The van der Waals surface area contributed by atoms with Crippen molar-refractivity contribution in [3.63, 3.8) is 0 Å². The Labute approximate surface area is 128 Å². The van der Waals surface area contributed by atoms with Crippen LogP contribution in [0.25, 0.3) is 0 Å². The molecule has 1 aromatic carbocycles. The maximum absolute atomic E-state index is 13.2. The third-order valence-electron chi connectivity index (χ3n) is 3.66. The lowest BCUT2D eigenvalue weighted by atomic mass is 9.87. The Hall–Kier alpha value is -0.890. The van der Waals surface area contributed by atoms with Crippen LogP contribution in [0, 0.1) is 11.7 Å². The molecular weight excluding hydrogens is 319 g/mol. The zero-order valence-electron chi connectivity index (χ0n) is 11.4. The summed E-state index contributed by atoms with van der Waals surface area (Å²) >= 11 is 5.78. The van der Waals surface area contributed by atoms with Crippen molar-refractivity contribution in [2.75, 3.05) is 12.3 Å². The van der Waals surface area contributed by atoms with Gasteiger partial charge in [-0.3, -0.25) is 0 Å². The summed E-state index contributed by atoms with van der Waals surface area (Å²) in [7, 11) is -3.86. The number of aliphatic hydroxyl groups is 1. The van der Waals surface area contributed by atoms with Crippen LogP contribution in [0.1, 0.15) is 25.7 Å². The number of nitrogens with two attached hydrogens (primary N) is 1. The minimum absolute atomic E-state index is 0.0834. The number of anilines is 1. The number of benzene rings is 1. The van der Waals surface area contributed by atoms with E-state index in [1.807, 2.05) is 0 Å². The number of nitrogen functional groups attached to an aromatic ring is 1. The molecule has 1 saturated carbocycles. The molecule has 2 atom stereocenters. The Morgan fingerprint density at radius 1 is 1.43 bits per heavy atom. The topological polar surface area (TPSA) is 92.4 Å². The predicted octanol–water partition coefficient (Wildman–Crippen LogP) is 1.89. The largest absolute Gasteiger partial charge is 0.396 e. The Kier molecular flexibility index (Phi) is 5.08. The molecule has 0 aliphatic heterocycles. The molecule has 2 unspecified atom stereocenters. The number of sulfonamides is 1. The summed E-state index contributed by atoms with van der Waals surface area (Å²) in [6.07, 6.45) is 2.68. The van der Waals surface area contributed by atoms with E-state index in [9.17, 15) is 17.9 Å². The molecule has 8 heteroatoms. The van der Waals surface area contributed by atoms with Crippen LogP contribution >= 0.6 is 11.6 Å². The SMILES string of the molecule is Nc1cc(S(=O)(=O)NCC2CCCC(O)C2)c(Cl)cc1F. The van der Waals surface area contributed by atoms with E-state index in [-0.39, 0.29) is 34.2 Å². The zero-order chi connectivity index (χ0) is 15.6. The minimum atomic E-state index is -3.86. The average Bonchev–Trinajstić information content (AvgIpc) is 2.41. The van der Waals surface area contributed by atoms with Crippen LogP contribution in [0.2, 0.25) is 5.02 Å². The van der Waals surface area contributed by atoms with Gasteiger partial charge in [-0.25, -0.2) is 17.5 Å². The fourth-order valence-corrected chi connectivity index (χ4v) is 4.17. The van der Waals surface area contributed by atoms with Gasteiger partial charge in [0.2, 0.25) is 10.0 Å². The molecule has 0 radical (unpaired) electrons. The Morgan fingerprint density at radius 2 is 2.14 bits per heavy atom. The summed E-state index contributed by atoms with van der Waals surface area (Å²) in [5, 5.41) is 9.37. The molecule has 0 spiro atoms. The summed E-state index contributed by atoms with van der Waals surface area (Å²) < 4.78 is 40.1. The summed E-state index contributed by atoms with van der Waals surface area (Å²) in [4.78, 5) is -0.237. The monoisotopic (exact) mass is 336 g/mol. The van der Waals surface area contributed by atoms with Gasteiger partial charge < -0.3 is 10.8 Å². The number of hydrogen-bond acceptors (Lipinski definition) is 4. The van der Waals surface area contributed by atoms with E-state index >= 15 is 0 Å². The van der Waals surface area contributed by atoms with Crippen LogP contribution in [-0.2, 0) is 10.0 Å². The summed E-state index contributed by atoms with van der Waals surface area (Å²) in [6.45, 7) is 0.215. The molecule has 21 heavy (non-hydrogen) atoms. The van der Waals surface area contributed by atoms with Crippen molar-refractivity contribution in [1.82, 2.24) is 4.72 Å². The fourth-order valence-electron chi connectivity index (χ4n) is 2.50. The van der Waals surface area contributed by atoms with Crippen molar-refractivity contribution < 1.29 is 17.9 Å². The van der Waals surface area contributed by atoms with E-state index in [2.05, 4.69) is 4.72 Å². The first-order valence-corrected chi connectivity index (χ1v) is 8.58. The third kappa shape index (κ3) is 4.06. The standard InChI is InChI=1S/C13H18ClFN2O3S/c14-10-5-11(15)12(16)6-13(10)21(19,20)17-7-8-2-1-3-9(18)4-8/h5-6,8-9,17-18H,1-4,7,16H2. The summed E-state index contributed by atoms with van der Waals surface area (Å²) in [6, 6.07) is 1.89. The zero-order valence-corrected chi connectivity index (χ0v) is 12.9. The quantitative estimate of drug-likeness (QED) is 0.732. The second kappa shape index (κ2) is 6.48. The minimum Gasteiger partial charge on any atom is -0.396 e. The van der Waals surface area contributed by atoms with Crippen LogP contribution < -0.4 is 10.5 Å². The smallest absolute Gasteiger partial charge is 0.242 e. The molecular formula is C13H18ClFN2O3S. The van der Waals surface area contributed by atoms with Gasteiger partial charge in [0.05, 0.1) is 16.8 Å². The normalized spacial score (nSPS) is 23.2. The highest BCUT2D eigenvalue weighted by molar-refractivity contribution is 7.89. The molecule has 0 heterocycles. The van der Waals surface area contributed by atoms with Gasteiger partial charge >= 0.3 is 0 Å². The van der Waals surface area contributed by atoms with E-state index in [1.54, 1.807) is 0 Å². The predicted molar refractivity (Wildman–Crippen MR) is 79.0 cm³/mol. The van der Waals surface area contributed by atoms with Gasteiger partial charge in [0.15, 0.2) is 0 Å². The second-order valence-electron chi connectivity index (χ2n) is 5.34. The van der Waals surface area contributed by atoms with Gasteiger partial charge in [0.1, 0.15) is 10.7 Å². The summed E-state index contributed by atoms with van der Waals surface area (Å²) in [5.74, 6) is -0.672. The molecule has 0 aromatic heterocycles. The molecule has 1 aromatic rings. The van der Waals surface area contributed by atoms with Crippen molar-refractivity contribution in [2.45, 2.75) is 36.7 Å². The highest BCUT2D eigenvalue weighted by Crippen LogP contribution is 2.27. The first kappa shape index (κ1) is 16.5. The lowest BCUT2D eigenvalue weighted by Crippen LogP contribution is -2.33. The maximum Gasteiger partial charge on any atom is 0.242 e. The number of halogens is 2. The summed E-state index contributed by atoms with van der Waals surface area (Å²) in [5.41, 5.74) is 5.11. The molecule has 0 saturated heterocycles. The lowest BCUT2D eigenvalue weighted by molar-refractivity contribution is 0.102. The molecule has 0 bridgehead atoms. The first-order chi connectivity index (χ1) is 9.79. The van der Waals surface area contributed by atoms with Gasteiger partial charge in [-0.1, -0.05) is 18.0 Å². The van der Waals surface area contributed by atoms with E-state index in [0.717, 1.165) is 31.4 Å². The molecule has 5 nitrogen and oxygen atoms in total. The fraction of sp³-hybridized carbons (Fsp3) is 0.538. The highest BCUT2D eigenvalue weighted by Gasteiger charge is 2.24. The van der Waals surface area contributed by atoms with Gasteiger partial charge in [0, 0.05) is 6.54 Å². The third-order valence-corrected chi connectivity index (χ3v) is 5.55. The van der Waals surface area contributed by atoms with Gasteiger partial charge in [-0.15, -0.1) is 0 Å². The highest BCUT2D eigenvalue weighted by atomic mass is 35.5. The van der Waals surface area contributed by atoms with Crippen molar-refractivity contribution >= 4 is 27.3 Å². The van der Waals surface area contributed by atoms with Crippen molar-refractivity contribution in [3.8, 4) is 0 Å². The van der Waals surface area contributed by atoms with Crippen LogP contribution in [0.15, 0.2) is 17.0 Å². The van der Waals surface area contributed by atoms with Gasteiger partial charge in [-0.05, 0) is 37.3 Å². The van der Waals surface area contributed by atoms with E-state index in [1.165, 1.54) is 0 Å². The second-order valence-corrected chi connectivity index (χ2v) is 7.49. The Morgan fingerprint density at radius 3 is 2.81 bits per heavy atom. The van der Waals surface area contributed by atoms with Crippen molar-refractivity contribution in [2.24, 2.45) is 5.92 Å². The first-order valence-electron chi connectivity index (χ1n) is 6.72. The van der Waals surface area contributed by atoms with Crippen LogP contribution in [0.3, 0.4) is 0 Å². The van der Waals surface area contributed by atoms with E-state index < -0.39 is 15.8 Å². The Bertz CT molecular complexity index is 624. The number of aliphatic hydroxyl groups excluding tert-OH is 1. The van der Waals surface area contributed by atoms with Crippen LogP contribution in [0.5, 0.6) is 0 Å². The number of nitrogens with one attached hydrogen (secondary N) is 1. The van der Waals surface area contributed by atoms with Gasteiger partial charge in [-0.2, -0.15) is 0 Å². The average molecular weight is 337 g/mol. The van der Waals surface area contributed by atoms with E-state index in [0.29, 0.717) is 6.42 Å². The van der Waals surface area contributed by atoms with Crippen LogP contribution in [-0.4, -0.2) is 26.2 Å². The van der Waals surface area contributed by atoms with Crippen molar-refractivity contribution in [3.05, 3.63) is 23.0 Å². The molecule has 1 fully saturated rings. The van der Waals surface area contributed by atoms with Gasteiger partial charge in [0.25, 0.3) is 0 Å². The van der Waals surface area contributed by atoms with E-state index in [4.69, 9.17) is 17.3 Å². The molecule has 1 aliphatic carbocycles. The molecule has 1 aliphatic rings. The number of hydrogen-bond donors (Lipinski definition) is 3. The molecule has 118 valence electrons. The maximum atomic E-state index is 13.2. The number of rotatable bonds is 4.